The monoisotopic (exact) mass is 454 g/mol. The fourth-order valence-electron chi connectivity index (χ4n) is 3.78. The number of halogens is 3. The van der Waals surface area contributed by atoms with Gasteiger partial charge in [-0.3, -0.25) is 9.59 Å². The van der Waals surface area contributed by atoms with Crippen LogP contribution in [0.5, 0.6) is 0 Å². The van der Waals surface area contributed by atoms with Crippen LogP contribution in [-0.4, -0.2) is 43.4 Å². The van der Waals surface area contributed by atoms with Crippen LogP contribution in [0.2, 0.25) is 0 Å². The summed E-state index contributed by atoms with van der Waals surface area (Å²) in [5.74, 6) is 0.406. The van der Waals surface area contributed by atoms with Crippen molar-refractivity contribution in [1.82, 2.24) is 4.98 Å². The molecule has 0 radical (unpaired) electrons. The van der Waals surface area contributed by atoms with Gasteiger partial charge >= 0.3 is 6.18 Å². The molecule has 1 aromatic heterocycles. The zero-order chi connectivity index (χ0) is 23.4. The number of pyridine rings is 1. The lowest BCUT2D eigenvalue weighted by molar-refractivity contribution is -0.137. The quantitative estimate of drug-likeness (QED) is 0.394. The van der Waals surface area contributed by atoms with E-state index in [1.54, 1.807) is 24.4 Å². The Kier molecular flexibility index (Phi) is 6.55. The average molecular weight is 454 g/mol. The molecule has 0 bridgehead atoms. The highest BCUT2D eigenvalue weighted by Gasteiger charge is 2.30. The second-order valence-electron chi connectivity index (χ2n) is 7.72. The molecule has 2 aromatic carbocycles. The van der Waals surface area contributed by atoms with Crippen molar-refractivity contribution in [1.29, 1.82) is 0 Å². The first-order valence-electron chi connectivity index (χ1n) is 10.4. The van der Waals surface area contributed by atoms with Crippen molar-refractivity contribution in [3.8, 4) is 11.1 Å². The second kappa shape index (κ2) is 9.54. The highest BCUT2D eigenvalue weighted by atomic mass is 19.4. The molecular formula is C25H21F3N2O3. The maximum atomic E-state index is 13.0. The van der Waals surface area contributed by atoms with Crippen molar-refractivity contribution in [2.24, 2.45) is 0 Å². The summed E-state index contributed by atoms with van der Waals surface area (Å²) in [6.45, 7) is 2.61. The molecule has 0 aliphatic carbocycles. The van der Waals surface area contributed by atoms with Crippen LogP contribution in [0.25, 0.3) is 11.1 Å². The minimum atomic E-state index is -4.47. The molecule has 33 heavy (non-hydrogen) atoms. The van der Waals surface area contributed by atoms with Crippen LogP contribution >= 0.6 is 0 Å². The number of ether oxygens (including phenoxy) is 1. The molecule has 0 amide bonds. The number of nitrogens with zero attached hydrogens (tertiary/aromatic N) is 2. The van der Waals surface area contributed by atoms with Gasteiger partial charge in [0.2, 0.25) is 0 Å². The molecule has 5 nitrogen and oxygen atoms in total. The van der Waals surface area contributed by atoms with E-state index in [1.807, 2.05) is 6.07 Å². The molecule has 4 rings (SSSR count). The molecule has 2 heterocycles. The lowest BCUT2D eigenvalue weighted by Crippen LogP contribution is -2.36. The molecule has 8 heteroatoms. The van der Waals surface area contributed by atoms with Gasteiger partial charge in [0.05, 0.1) is 18.8 Å². The summed E-state index contributed by atoms with van der Waals surface area (Å²) in [5.41, 5.74) is 1.49. The maximum absolute atomic E-state index is 13.0. The molecule has 1 aliphatic heterocycles. The molecule has 0 N–H and O–H groups in total. The third kappa shape index (κ3) is 5.28. The maximum Gasteiger partial charge on any atom is 0.416 e. The highest BCUT2D eigenvalue weighted by Crippen LogP contribution is 2.30. The number of morpholine rings is 1. The van der Waals surface area contributed by atoms with Gasteiger partial charge in [0.25, 0.3) is 0 Å². The number of hydrogen-bond acceptors (Lipinski definition) is 5. The Morgan fingerprint density at radius 1 is 1.06 bits per heavy atom. The highest BCUT2D eigenvalue weighted by molar-refractivity contribution is 6.00. The van der Waals surface area contributed by atoms with E-state index in [4.69, 9.17) is 4.74 Å². The number of rotatable bonds is 6. The number of carbonyl (C=O) groups excluding carboxylic acids is 2. The minimum Gasteiger partial charge on any atom is -0.378 e. The number of Topliss-reactive ketones (excluding diaryl/α,β-unsaturated/α-hetero) is 1. The van der Waals surface area contributed by atoms with Crippen LogP contribution in [0.1, 0.15) is 31.8 Å². The van der Waals surface area contributed by atoms with E-state index in [9.17, 15) is 22.8 Å². The molecule has 0 saturated carbocycles. The van der Waals surface area contributed by atoms with Crippen LogP contribution in [0.15, 0.2) is 60.8 Å². The normalized spacial score (nSPS) is 14.2. The van der Waals surface area contributed by atoms with Crippen molar-refractivity contribution >= 4 is 17.9 Å². The standard InChI is InChI=1S/C25H21F3N2O3/c26-25(27,28)21-3-1-2-17(12-21)13-23(32)19-4-5-20(16-31)22(14-19)18-6-7-29-24(15-18)30-8-10-33-11-9-30/h1-7,12,14-16H,8-11,13H2. The zero-order valence-corrected chi connectivity index (χ0v) is 17.6. The van der Waals surface area contributed by atoms with E-state index in [0.29, 0.717) is 49.3 Å². The van der Waals surface area contributed by atoms with E-state index < -0.39 is 11.7 Å². The Hall–Kier alpha value is -3.52. The number of ketones is 1. The number of alkyl halides is 3. The molecule has 0 atom stereocenters. The van der Waals surface area contributed by atoms with Crippen LogP contribution in [0.4, 0.5) is 19.0 Å². The summed E-state index contributed by atoms with van der Waals surface area (Å²) in [7, 11) is 0. The van der Waals surface area contributed by atoms with Crippen LogP contribution in [-0.2, 0) is 17.3 Å². The van der Waals surface area contributed by atoms with Gasteiger partial charge in [-0.1, -0.05) is 30.3 Å². The summed E-state index contributed by atoms with van der Waals surface area (Å²) in [6.07, 6.45) is -2.30. The van der Waals surface area contributed by atoms with Crippen molar-refractivity contribution in [2.75, 3.05) is 31.2 Å². The molecular weight excluding hydrogens is 433 g/mol. The Morgan fingerprint density at radius 2 is 1.85 bits per heavy atom. The Morgan fingerprint density at radius 3 is 2.58 bits per heavy atom. The topological polar surface area (TPSA) is 59.5 Å². The van der Waals surface area contributed by atoms with E-state index in [2.05, 4.69) is 9.88 Å². The van der Waals surface area contributed by atoms with Gasteiger partial charge in [0.15, 0.2) is 12.1 Å². The first-order valence-corrected chi connectivity index (χ1v) is 10.4. The number of carbonyl (C=O) groups is 2. The number of aromatic nitrogens is 1. The van der Waals surface area contributed by atoms with Gasteiger partial charge in [-0.25, -0.2) is 4.98 Å². The van der Waals surface area contributed by atoms with Crippen molar-refractivity contribution in [2.45, 2.75) is 12.6 Å². The lowest BCUT2D eigenvalue weighted by Gasteiger charge is -2.28. The summed E-state index contributed by atoms with van der Waals surface area (Å²) in [6, 6.07) is 13.0. The third-order valence-corrected chi connectivity index (χ3v) is 5.51. The smallest absolute Gasteiger partial charge is 0.378 e. The summed E-state index contributed by atoms with van der Waals surface area (Å²) < 4.78 is 44.3. The molecule has 1 saturated heterocycles. The van der Waals surface area contributed by atoms with Gasteiger partial charge in [0, 0.05) is 36.8 Å². The Balaban J connectivity index is 1.62. The first-order chi connectivity index (χ1) is 15.8. The number of hydrogen-bond donors (Lipinski definition) is 0. The molecule has 170 valence electrons. The van der Waals surface area contributed by atoms with Crippen molar-refractivity contribution < 1.29 is 27.5 Å². The zero-order valence-electron chi connectivity index (χ0n) is 17.6. The second-order valence-corrected chi connectivity index (χ2v) is 7.72. The summed E-state index contributed by atoms with van der Waals surface area (Å²) in [5, 5.41) is 0. The largest absolute Gasteiger partial charge is 0.416 e. The van der Waals surface area contributed by atoms with Crippen LogP contribution < -0.4 is 4.90 Å². The van der Waals surface area contributed by atoms with Gasteiger partial charge in [-0.2, -0.15) is 13.2 Å². The van der Waals surface area contributed by atoms with Gasteiger partial charge in [-0.05, 0) is 41.0 Å². The van der Waals surface area contributed by atoms with Crippen LogP contribution in [0.3, 0.4) is 0 Å². The summed E-state index contributed by atoms with van der Waals surface area (Å²) >= 11 is 0. The minimum absolute atomic E-state index is 0.181. The van der Waals surface area contributed by atoms with Gasteiger partial charge in [-0.15, -0.1) is 0 Å². The molecule has 0 spiro atoms. The number of benzene rings is 2. The number of anilines is 1. The fourth-order valence-corrected chi connectivity index (χ4v) is 3.78. The Bertz CT molecular complexity index is 1170. The first kappa shape index (κ1) is 22.7. The summed E-state index contributed by atoms with van der Waals surface area (Å²) in [4.78, 5) is 31.0. The van der Waals surface area contributed by atoms with Gasteiger partial charge < -0.3 is 9.64 Å². The third-order valence-electron chi connectivity index (χ3n) is 5.51. The Labute approximate surface area is 188 Å². The predicted octanol–water partition coefficient (Wildman–Crippen LogP) is 4.84. The molecule has 1 fully saturated rings. The molecule has 1 aliphatic rings. The average Bonchev–Trinajstić information content (AvgIpc) is 2.84. The molecule has 0 unspecified atom stereocenters. The number of aldehydes is 1. The van der Waals surface area contributed by atoms with E-state index >= 15 is 0 Å². The fraction of sp³-hybridized carbons (Fsp3) is 0.240. The van der Waals surface area contributed by atoms with E-state index in [0.717, 1.165) is 23.5 Å². The molecule has 3 aromatic rings. The predicted molar refractivity (Wildman–Crippen MR) is 118 cm³/mol. The van der Waals surface area contributed by atoms with Crippen molar-refractivity contribution in [3.05, 3.63) is 83.0 Å². The lowest BCUT2D eigenvalue weighted by atomic mass is 9.94. The van der Waals surface area contributed by atoms with E-state index in [1.165, 1.54) is 18.2 Å². The van der Waals surface area contributed by atoms with Gasteiger partial charge in [0.1, 0.15) is 5.82 Å². The van der Waals surface area contributed by atoms with Crippen LogP contribution in [0, 0.1) is 0 Å². The van der Waals surface area contributed by atoms with E-state index in [-0.39, 0.29) is 17.8 Å². The van der Waals surface area contributed by atoms with Crippen molar-refractivity contribution in [3.63, 3.8) is 0 Å². The SMILES string of the molecule is O=Cc1ccc(C(=O)Cc2cccc(C(F)(F)F)c2)cc1-c1ccnc(N2CCOCC2)c1.